The van der Waals surface area contributed by atoms with Gasteiger partial charge in [-0.05, 0) is 45.2 Å². The van der Waals surface area contributed by atoms with E-state index >= 15 is 0 Å². The summed E-state index contributed by atoms with van der Waals surface area (Å²) in [5.74, 6) is -0.430. The first-order valence-electron chi connectivity index (χ1n) is 10.7. The highest BCUT2D eigenvalue weighted by atomic mass is 16.6. The molecule has 2 heterocycles. The van der Waals surface area contributed by atoms with Gasteiger partial charge in [-0.15, -0.1) is 0 Å². The monoisotopic (exact) mass is 429 g/mol. The molecule has 1 fully saturated rings. The summed E-state index contributed by atoms with van der Waals surface area (Å²) in [6.07, 6.45) is 3.36. The second kappa shape index (κ2) is 9.96. The fourth-order valence-corrected chi connectivity index (χ4v) is 3.57. The summed E-state index contributed by atoms with van der Waals surface area (Å²) >= 11 is 0. The minimum Gasteiger partial charge on any atom is -0.444 e. The fourth-order valence-electron chi connectivity index (χ4n) is 3.57. The average Bonchev–Trinajstić information content (AvgIpc) is 2.98. The summed E-state index contributed by atoms with van der Waals surface area (Å²) in [5, 5.41) is 2.75. The summed E-state index contributed by atoms with van der Waals surface area (Å²) in [5.41, 5.74) is 1.50. The molecule has 0 radical (unpaired) electrons. The van der Waals surface area contributed by atoms with Crippen LogP contribution < -0.4 is 10.2 Å². The van der Waals surface area contributed by atoms with E-state index in [0.717, 1.165) is 17.7 Å². The molecule has 0 saturated carbocycles. The van der Waals surface area contributed by atoms with Crippen LogP contribution in [0.25, 0.3) is 0 Å². The Morgan fingerprint density at radius 1 is 1.23 bits per heavy atom. The Morgan fingerprint density at radius 3 is 2.77 bits per heavy atom. The Bertz CT molecular complexity index is 846. The standard InChI is InChI=1S/C23H31N3O5/c1-23(2,3)31-22(29)25-13-7-15-30-19(16-25)21(28)24-12-6-10-20(27)26-14-11-17-8-4-5-9-18(17)26/h4-6,8-10,19H,7,11-16H2,1-3H3,(H,24,28)/b10-6+/t19-/m0/s1. The maximum absolute atomic E-state index is 12.5. The van der Waals surface area contributed by atoms with Crippen LogP contribution in [-0.2, 0) is 25.5 Å². The van der Waals surface area contributed by atoms with E-state index in [0.29, 0.717) is 26.1 Å². The first-order valence-corrected chi connectivity index (χ1v) is 10.7. The Hall–Kier alpha value is -2.87. The molecule has 3 rings (SSSR count). The molecule has 0 aliphatic carbocycles. The fraction of sp³-hybridized carbons (Fsp3) is 0.522. The zero-order valence-corrected chi connectivity index (χ0v) is 18.4. The van der Waals surface area contributed by atoms with Crippen LogP contribution in [-0.4, -0.2) is 67.3 Å². The molecule has 3 amide bonds. The van der Waals surface area contributed by atoms with Crippen molar-refractivity contribution >= 4 is 23.6 Å². The highest BCUT2D eigenvalue weighted by molar-refractivity contribution is 6.02. The van der Waals surface area contributed by atoms with Crippen molar-refractivity contribution in [3.63, 3.8) is 0 Å². The second-order valence-electron chi connectivity index (χ2n) is 8.66. The lowest BCUT2D eigenvalue weighted by Gasteiger charge is -2.27. The van der Waals surface area contributed by atoms with Crippen molar-refractivity contribution in [1.29, 1.82) is 0 Å². The van der Waals surface area contributed by atoms with E-state index in [9.17, 15) is 14.4 Å². The Morgan fingerprint density at radius 2 is 2.00 bits per heavy atom. The molecular formula is C23H31N3O5. The van der Waals surface area contributed by atoms with Crippen LogP contribution in [0.2, 0.25) is 0 Å². The van der Waals surface area contributed by atoms with Crippen LogP contribution in [0.15, 0.2) is 36.4 Å². The number of benzene rings is 1. The highest BCUT2D eigenvalue weighted by Gasteiger charge is 2.30. The molecule has 8 nitrogen and oxygen atoms in total. The van der Waals surface area contributed by atoms with Crippen molar-refractivity contribution < 1.29 is 23.9 Å². The predicted octanol–water partition coefficient (Wildman–Crippen LogP) is 2.27. The van der Waals surface area contributed by atoms with E-state index in [4.69, 9.17) is 9.47 Å². The Labute approximate surface area is 183 Å². The van der Waals surface area contributed by atoms with Crippen molar-refractivity contribution in [1.82, 2.24) is 10.2 Å². The maximum Gasteiger partial charge on any atom is 0.410 e. The molecule has 1 aromatic rings. The third-order valence-corrected chi connectivity index (χ3v) is 5.03. The largest absolute Gasteiger partial charge is 0.444 e. The molecule has 0 unspecified atom stereocenters. The number of anilines is 1. The summed E-state index contributed by atoms with van der Waals surface area (Å²) in [7, 11) is 0. The van der Waals surface area contributed by atoms with Gasteiger partial charge in [-0.1, -0.05) is 24.3 Å². The summed E-state index contributed by atoms with van der Waals surface area (Å²) in [6.45, 7) is 7.27. The highest BCUT2D eigenvalue weighted by Crippen LogP contribution is 2.27. The van der Waals surface area contributed by atoms with Crippen LogP contribution in [0.5, 0.6) is 0 Å². The Balaban J connectivity index is 1.48. The van der Waals surface area contributed by atoms with Gasteiger partial charge in [0.05, 0.1) is 6.54 Å². The molecule has 31 heavy (non-hydrogen) atoms. The van der Waals surface area contributed by atoms with Gasteiger partial charge in [0.1, 0.15) is 5.60 Å². The van der Waals surface area contributed by atoms with E-state index in [1.54, 1.807) is 31.7 Å². The minimum atomic E-state index is -0.774. The van der Waals surface area contributed by atoms with E-state index < -0.39 is 17.8 Å². The van der Waals surface area contributed by atoms with E-state index in [2.05, 4.69) is 5.32 Å². The summed E-state index contributed by atoms with van der Waals surface area (Å²) < 4.78 is 11.0. The van der Waals surface area contributed by atoms with Crippen molar-refractivity contribution in [2.75, 3.05) is 37.7 Å². The SMILES string of the molecule is CC(C)(C)OC(=O)N1CCCO[C@H](C(=O)NC/C=C/C(=O)N2CCc3ccccc32)C1. The van der Waals surface area contributed by atoms with Crippen LogP contribution in [0, 0.1) is 0 Å². The molecule has 1 aromatic carbocycles. The number of fused-ring (bicyclic) bond motifs is 1. The second-order valence-corrected chi connectivity index (χ2v) is 8.66. The van der Waals surface area contributed by atoms with Gasteiger partial charge in [0.25, 0.3) is 11.8 Å². The third kappa shape index (κ3) is 6.30. The summed E-state index contributed by atoms with van der Waals surface area (Å²) in [4.78, 5) is 40.6. The smallest absolute Gasteiger partial charge is 0.410 e. The zero-order valence-electron chi connectivity index (χ0n) is 18.4. The van der Waals surface area contributed by atoms with Gasteiger partial charge in [0.15, 0.2) is 6.10 Å². The third-order valence-electron chi connectivity index (χ3n) is 5.03. The number of amides is 3. The van der Waals surface area contributed by atoms with Crippen LogP contribution in [0.4, 0.5) is 10.5 Å². The molecule has 2 aliphatic rings. The predicted molar refractivity (Wildman–Crippen MR) is 117 cm³/mol. The van der Waals surface area contributed by atoms with Gasteiger partial charge < -0.3 is 24.6 Å². The lowest BCUT2D eigenvalue weighted by molar-refractivity contribution is -0.132. The van der Waals surface area contributed by atoms with Gasteiger partial charge in [-0.3, -0.25) is 9.59 Å². The summed E-state index contributed by atoms with van der Waals surface area (Å²) in [6, 6.07) is 7.86. The number of nitrogens with zero attached hydrogens (tertiary/aromatic N) is 2. The van der Waals surface area contributed by atoms with Gasteiger partial charge in [0.2, 0.25) is 0 Å². The number of ether oxygens (including phenoxy) is 2. The number of nitrogens with one attached hydrogen (secondary N) is 1. The van der Waals surface area contributed by atoms with E-state index in [1.807, 2.05) is 24.3 Å². The zero-order chi connectivity index (χ0) is 22.4. The molecule has 1 N–H and O–H groups in total. The van der Waals surface area contributed by atoms with Crippen molar-refractivity contribution in [2.24, 2.45) is 0 Å². The quantitative estimate of drug-likeness (QED) is 0.742. The van der Waals surface area contributed by atoms with Gasteiger partial charge in [-0.2, -0.15) is 0 Å². The average molecular weight is 430 g/mol. The molecule has 8 heteroatoms. The normalized spacial score (nSPS) is 19.1. The lowest BCUT2D eigenvalue weighted by atomic mass is 10.2. The maximum atomic E-state index is 12.5. The molecule has 2 aliphatic heterocycles. The molecule has 168 valence electrons. The topological polar surface area (TPSA) is 88.2 Å². The minimum absolute atomic E-state index is 0.110. The van der Waals surface area contributed by atoms with Crippen molar-refractivity contribution in [3.8, 4) is 0 Å². The van der Waals surface area contributed by atoms with Gasteiger partial charge in [0, 0.05) is 38.0 Å². The molecule has 1 saturated heterocycles. The van der Waals surface area contributed by atoms with Gasteiger partial charge in [-0.25, -0.2) is 4.79 Å². The number of carbonyl (C=O) groups excluding carboxylic acids is 3. The molecule has 0 spiro atoms. The number of rotatable bonds is 4. The molecular weight excluding hydrogens is 398 g/mol. The number of para-hydroxylation sites is 1. The van der Waals surface area contributed by atoms with E-state index in [-0.39, 0.29) is 24.9 Å². The van der Waals surface area contributed by atoms with Crippen LogP contribution in [0.3, 0.4) is 0 Å². The number of hydrogen-bond donors (Lipinski definition) is 1. The van der Waals surface area contributed by atoms with Crippen LogP contribution >= 0.6 is 0 Å². The van der Waals surface area contributed by atoms with Crippen molar-refractivity contribution in [2.45, 2.75) is 45.3 Å². The number of hydrogen-bond acceptors (Lipinski definition) is 5. The molecule has 0 aromatic heterocycles. The molecule has 1 atom stereocenters. The van der Waals surface area contributed by atoms with E-state index in [1.165, 1.54) is 11.0 Å². The van der Waals surface area contributed by atoms with Gasteiger partial charge >= 0.3 is 6.09 Å². The first-order chi connectivity index (χ1) is 14.7. The van der Waals surface area contributed by atoms with Crippen molar-refractivity contribution in [3.05, 3.63) is 42.0 Å². The Kier molecular flexibility index (Phi) is 7.33. The lowest BCUT2D eigenvalue weighted by Crippen LogP contribution is -2.46. The number of carbonyl (C=O) groups is 3. The van der Waals surface area contributed by atoms with Crippen LogP contribution in [0.1, 0.15) is 32.8 Å². The molecule has 0 bridgehead atoms. The first kappa shape index (κ1) is 22.8.